The summed E-state index contributed by atoms with van der Waals surface area (Å²) in [5.41, 5.74) is -1.13. The Morgan fingerprint density at radius 3 is 2.71 bits per heavy atom. The summed E-state index contributed by atoms with van der Waals surface area (Å²) in [5, 5.41) is 18.9. The van der Waals surface area contributed by atoms with Gasteiger partial charge in [0.25, 0.3) is 0 Å². The van der Waals surface area contributed by atoms with Crippen molar-refractivity contribution in [1.82, 2.24) is 9.80 Å². The minimum Gasteiger partial charge on any atom is -0.481 e. The molecule has 3 fully saturated rings. The molecule has 0 aromatic carbocycles. The molecule has 0 aliphatic carbocycles. The quantitative estimate of drug-likeness (QED) is 0.240. The number of aliphatic hydroxyl groups is 1. The summed E-state index contributed by atoms with van der Waals surface area (Å²) in [6, 6.07) is -0.842. The third-order valence-electron chi connectivity index (χ3n) is 6.81. The summed E-state index contributed by atoms with van der Waals surface area (Å²) in [6.07, 6.45) is 5.20. The van der Waals surface area contributed by atoms with Crippen molar-refractivity contribution in [3.63, 3.8) is 0 Å². The lowest BCUT2D eigenvalue weighted by atomic mass is 9.70. The summed E-state index contributed by atoms with van der Waals surface area (Å²) >= 11 is 3.55. The minimum atomic E-state index is -1.13. The van der Waals surface area contributed by atoms with Gasteiger partial charge in [-0.25, -0.2) is 0 Å². The van der Waals surface area contributed by atoms with Gasteiger partial charge in [0.05, 0.1) is 17.9 Å². The van der Waals surface area contributed by atoms with Gasteiger partial charge in [0, 0.05) is 31.1 Å². The number of carbonyl (C=O) groups is 3. The number of amides is 2. The zero-order chi connectivity index (χ0) is 22.8. The van der Waals surface area contributed by atoms with E-state index in [1.165, 1.54) is 0 Å². The lowest BCUT2D eigenvalue weighted by Gasteiger charge is -2.37. The molecular weight excluding hydrogens is 468 g/mol. The molecule has 3 aliphatic heterocycles. The number of aliphatic carboxylic acids is 1. The average Bonchev–Trinajstić information content (AvgIpc) is 3.32. The Bertz CT molecular complexity index is 718. The highest BCUT2D eigenvalue weighted by Crippen LogP contribution is 2.60. The molecule has 3 heterocycles. The van der Waals surface area contributed by atoms with Gasteiger partial charge in [-0.1, -0.05) is 35.4 Å². The molecule has 0 saturated carbocycles. The fourth-order valence-corrected chi connectivity index (χ4v) is 6.41. The molecule has 0 aromatic heterocycles. The van der Waals surface area contributed by atoms with Crippen molar-refractivity contribution in [2.75, 3.05) is 26.2 Å². The van der Waals surface area contributed by atoms with E-state index in [2.05, 4.69) is 22.5 Å². The van der Waals surface area contributed by atoms with Gasteiger partial charge in [-0.3, -0.25) is 14.4 Å². The van der Waals surface area contributed by atoms with Crippen molar-refractivity contribution >= 4 is 33.7 Å². The second kappa shape index (κ2) is 10.0. The number of carbonyl (C=O) groups excluding carboxylic acids is 2. The van der Waals surface area contributed by atoms with Crippen LogP contribution in [0, 0.1) is 11.8 Å². The van der Waals surface area contributed by atoms with Gasteiger partial charge in [0.15, 0.2) is 0 Å². The van der Waals surface area contributed by atoms with Crippen molar-refractivity contribution in [3.8, 4) is 0 Å². The van der Waals surface area contributed by atoms with Crippen LogP contribution in [0.25, 0.3) is 0 Å². The first-order chi connectivity index (χ1) is 14.8. The Morgan fingerprint density at radius 1 is 1.35 bits per heavy atom. The first kappa shape index (κ1) is 24.2. The van der Waals surface area contributed by atoms with Crippen molar-refractivity contribution in [2.45, 2.75) is 68.0 Å². The van der Waals surface area contributed by atoms with E-state index < -0.39 is 35.6 Å². The highest BCUT2D eigenvalue weighted by atomic mass is 79.9. The van der Waals surface area contributed by atoms with E-state index >= 15 is 0 Å². The van der Waals surface area contributed by atoms with E-state index in [4.69, 9.17) is 9.84 Å². The third kappa shape index (κ3) is 4.16. The van der Waals surface area contributed by atoms with Gasteiger partial charge in [-0.05, 0) is 32.1 Å². The lowest BCUT2D eigenvalue weighted by molar-refractivity contribution is -0.150. The smallest absolute Gasteiger partial charge is 0.310 e. The van der Waals surface area contributed by atoms with Crippen LogP contribution in [0.4, 0.5) is 0 Å². The second-order valence-corrected chi connectivity index (χ2v) is 9.92. The molecule has 2 bridgehead atoms. The van der Waals surface area contributed by atoms with Gasteiger partial charge < -0.3 is 24.7 Å². The predicted octanol–water partition coefficient (Wildman–Crippen LogP) is 1.80. The molecule has 3 rings (SSSR count). The fourth-order valence-electron chi connectivity index (χ4n) is 5.47. The number of alkyl halides is 1. The van der Waals surface area contributed by atoms with Crippen LogP contribution in [0.15, 0.2) is 12.7 Å². The Morgan fingerprint density at radius 2 is 2.10 bits per heavy atom. The van der Waals surface area contributed by atoms with Crippen molar-refractivity contribution in [3.05, 3.63) is 12.7 Å². The van der Waals surface area contributed by atoms with Gasteiger partial charge in [-0.2, -0.15) is 0 Å². The zero-order valence-corrected chi connectivity index (χ0v) is 19.6. The second-order valence-electron chi connectivity index (χ2n) is 8.74. The topological polar surface area (TPSA) is 107 Å². The van der Waals surface area contributed by atoms with Gasteiger partial charge >= 0.3 is 5.97 Å². The number of unbranched alkanes of at least 4 members (excludes halogenated alkanes) is 3. The molecule has 6 atom stereocenters. The molecule has 2 N–H and O–H groups in total. The number of hydrogen-bond donors (Lipinski definition) is 2. The van der Waals surface area contributed by atoms with Crippen LogP contribution in [0.5, 0.6) is 0 Å². The summed E-state index contributed by atoms with van der Waals surface area (Å²) in [5.74, 6) is -3.38. The molecular formula is C22H33BrN2O6. The van der Waals surface area contributed by atoms with Gasteiger partial charge in [-0.15, -0.1) is 6.58 Å². The number of carboxylic acid groups (broad SMARTS) is 1. The van der Waals surface area contributed by atoms with Crippen LogP contribution in [0.1, 0.15) is 45.4 Å². The van der Waals surface area contributed by atoms with Gasteiger partial charge in [0.1, 0.15) is 11.6 Å². The maximum absolute atomic E-state index is 13.8. The third-order valence-corrected chi connectivity index (χ3v) is 7.65. The van der Waals surface area contributed by atoms with E-state index in [0.717, 1.165) is 19.3 Å². The number of ether oxygens (including phenoxy) is 1. The highest BCUT2D eigenvalue weighted by Gasteiger charge is 2.76. The molecule has 0 radical (unpaired) electrons. The first-order valence-electron chi connectivity index (χ1n) is 11.2. The van der Waals surface area contributed by atoms with E-state index in [1.54, 1.807) is 15.9 Å². The van der Waals surface area contributed by atoms with E-state index in [9.17, 15) is 19.5 Å². The Hall–Kier alpha value is -1.45. The van der Waals surface area contributed by atoms with Crippen LogP contribution in [-0.2, 0) is 19.1 Å². The standard InChI is InChI=1S/C22H33BrN2O6/c1-3-5-10-24(9-4-2)20(28)18-22-13-14(23)17(31-22)15(21(29)30)16(22)19(27)25(18)11-7-6-8-12-26/h4,14-18,26H,2-3,5-13H2,1H3,(H,29,30)/t14?,15-,16+,17-,18-,22+/m0/s1. The van der Waals surface area contributed by atoms with Crippen LogP contribution in [-0.4, -0.2) is 86.6 Å². The Labute approximate surface area is 191 Å². The number of rotatable bonds is 12. The normalized spacial score (nSPS) is 33.6. The zero-order valence-electron chi connectivity index (χ0n) is 18.0. The maximum atomic E-state index is 13.8. The van der Waals surface area contributed by atoms with Crippen molar-refractivity contribution < 1.29 is 29.3 Å². The lowest BCUT2D eigenvalue weighted by Crippen LogP contribution is -2.57. The SMILES string of the molecule is C=CCN(CCCC)C(=O)[C@@H]1N(CCCCCO)C(=O)[C@H]2[C@H](C(=O)O)[C@H]3O[C@@]12CC3Br. The fraction of sp³-hybridized carbons (Fsp3) is 0.773. The molecule has 9 heteroatoms. The molecule has 31 heavy (non-hydrogen) atoms. The number of fused-ring (bicyclic) bond motifs is 1. The number of carboxylic acids is 1. The largest absolute Gasteiger partial charge is 0.481 e. The minimum absolute atomic E-state index is 0.0736. The van der Waals surface area contributed by atoms with Crippen LogP contribution in [0.3, 0.4) is 0 Å². The molecule has 8 nitrogen and oxygen atoms in total. The monoisotopic (exact) mass is 500 g/mol. The number of aliphatic hydroxyl groups excluding tert-OH is 1. The summed E-state index contributed by atoms with van der Waals surface area (Å²) < 4.78 is 6.26. The van der Waals surface area contributed by atoms with Crippen molar-refractivity contribution in [1.29, 1.82) is 0 Å². The first-order valence-corrected chi connectivity index (χ1v) is 12.1. The number of hydrogen-bond acceptors (Lipinski definition) is 5. The highest BCUT2D eigenvalue weighted by molar-refractivity contribution is 9.09. The van der Waals surface area contributed by atoms with E-state index in [-0.39, 0.29) is 23.2 Å². The predicted molar refractivity (Wildman–Crippen MR) is 118 cm³/mol. The molecule has 174 valence electrons. The maximum Gasteiger partial charge on any atom is 0.310 e. The molecule has 2 amide bonds. The molecule has 1 spiro atoms. The van der Waals surface area contributed by atoms with E-state index in [0.29, 0.717) is 38.9 Å². The molecule has 3 aliphatic rings. The number of nitrogens with zero attached hydrogens (tertiary/aromatic N) is 2. The number of halogens is 1. The molecule has 3 saturated heterocycles. The summed E-state index contributed by atoms with van der Waals surface area (Å²) in [6.45, 7) is 7.15. The van der Waals surface area contributed by atoms with Crippen molar-refractivity contribution in [2.24, 2.45) is 11.8 Å². The Kier molecular flexibility index (Phi) is 7.81. The molecule has 0 aromatic rings. The summed E-state index contributed by atoms with van der Waals surface area (Å²) in [4.78, 5) is 42.4. The van der Waals surface area contributed by atoms with Crippen LogP contribution >= 0.6 is 15.9 Å². The van der Waals surface area contributed by atoms with Crippen LogP contribution < -0.4 is 0 Å². The van der Waals surface area contributed by atoms with Gasteiger partial charge in [0.2, 0.25) is 11.8 Å². The van der Waals surface area contributed by atoms with E-state index in [1.807, 2.05) is 6.92 Å². The summed E-state index contributed by atoms with van der Waals surface area (Å²) in [7, 11) is 0. The number of likely N-dealkylation sites (tertiary alicyclic amines) is 1. The molecule has 1 unspecified atom stereocenters. The average molecular weight is 501 g/mol. The van der Waals surface area contributed by atoms with Crippen LogP contribution in [0.2, 0.25) is 0 Å². The Balaban J connectivity index is 1.96.